The van der Waals surface area contributed by atoms with Crippen molar-refractivity contribution in [3.8, 4) is 0 Å². The molecule has 1 N–H and O–H groups in total. The molecule has 2 nitrogen and oxygen atoms in total. The van der Waals surface area contributed by atoms with Crippen LogP contribution in [0, 0.1) is 16.4 Å². The van der Waals surface area contributed by atoms with Crippen LogP contribution in [0.2, 0.25) is 0 Å². The van der Waals surface area contributed by atoms with Gasteiger partial charge in [-0.1, -0.05) is 13.3 Å². The van der Waals surface area contributed by atoms with Gasteiger partial charge in [-0.25, -0.2) is 8.78 Å². The number of aromatic amines is 1. The van der Waals surface area contributed by atoms with Crippen LogP contribution in [-0.4, -0.2) is 9.55 Å². The number of benzene rings is 1. The quantitative estimate of drug-likeness (QED) is 0.824. The largest absolute Gasteiger partial charge is 0.334 e. The third-order valence-electron chi connectivity index (χ3n) is 4.16. The fourth-order valence-corrected chi connectivity index (χ4v) is 3.40. The predicted octanol–water partition coefficient (Wildman–Crippen LogP) is 4.51. The zero-order valence-electron chi connectivity index (χ0n) is 12.0. The Bertz CT molecular complexity index is 697. The molecule has 0 fully saturated rings. The highest BCUT2D eigenvalue weighted by molar-refractivity contribution is 7.71. The second kappa shape index (κ2) is 5.72. The molecule has 112 valence electrons. The van der Waals surface area contributed by atoms with Crippen molar-refractivity contribution in [3.63, 3.8) is 0 Å². The monoisotopic (exact) mass is 308 g/mol. The van der Waals surface area contributed by atoms with Gasteiger partial charge in [-0.05, 0) is 49.2 Å². The number of imidazole rings is 1. The summed E-state index contributed by atoms with van der Waals surface area (Å²) < 4.78 is 29.6. The second-order valence-corrected chi connectivity index (χ2v) is 6.06. The number of aromatic nitrogens is 2. The van der Waals surface area contributed by atoms with Gasteiger partial charge in [-0.15, -0.1) is 0 Å². The Kier molecular flexibility index (Phi) is 3.93. The summed E-state index contributed by atoms with van der Waals surface area (Å²) in [5, 5.41) is 0. The van der Waals surface area contributed by atoms with Gasteiger partial charge in [0, 0.05) is 29.9 Å². The summed E-state index contributed by atoms with van der Waals surface area (Å²) in [7, 11) is 0. The molecule has 2 aromatic rings. The number of nitrogens with zero attached hydrogens (tertiary/aromatic N) is 1. The molecule has 0 bridgehead atoms. The minimum absolute atomic E-state index is 0.0990. The lowest BCUT2D eigenvalue weighted by Gasteiger charge is -2.10. The van der Waals surface area contributed by atoms with Crippen molar-refractivity contribution in [1.29, 1.82) is 0 Å². The summed E-state index contributed by atoms with van der Waals surface area (Å²) in [6.07, 6.45) is 4.01. The zero-order chi connectivity index (χ0) is 15.0. The van der Waals surface area contributed by atoms with E-state index >= 15 is 0 Å². The van der Waals surface area contributed by atoms with Crippen LogP contribution >= 0.6 is 12.2 Å². The first kappa shape index (κ1) is 14.4. The Balaban J connectivity index is 1.88. The Morgan fingerprint density at radius 2 is 2.00 bits per heavy atom. The van der Waals surface area contributed by atoms with E-state index < -0.39 is 11.6 Å². The van der Waals surface area contributed by atoms with Crippen LogP contribution in [0.3, 0.4) is 0 Å². The van der Waals surface area contributed by atoms with E-state index in [0.717, 1.165) is 36.5 Å². The molecule has 21 heavy (non-hydrogen) atoms. The number of hydrogen-bond donors (Lipinski definition) is 1. The van der Waals surface area contributed by atoms with Crippen molar-refractivity contribution < 1.29 is 8.78 Å². The molecule has 5 heteroatoms. The molecule has 0 spiro atoms. The Morgan fingerprint density at radius 3 is 2.67 bits per heavy atom. The van der Waals surface area contributed by atoms with Crippen molar-refractivity contribution in [2.45, 2.75) is 45.1 Å². The van der Waals surface area contributed by atoms with Gasteiger partial charge >= 0.3 is 0 Å². The van der Waals surface area contributed by atoms with Gasteiger partial charge in [0.1, 0.15) is 11.6 Å². The van der Waals surface area contributed by atoms with Crippen molar-refractivity contribution in [2.75, 3.05) is 0 Å². The van der Waals surface area contributed by atoms with E-state index in [-0.39, 0.29) is 5.92 Å². The topological polar surface area (TPSA) is 20.7 Å². The van der Waals surface area contributed by atoms with E-state index in [9.17, 15) is 8.78 Å². The van der Waals surface area contributed by atoms with Gasteiger partial charge < -0.3 is 9.55 Å². The predicted molar refractivity (Wildman–Crippen MR) is 81.0 cm³/mol. The highest BCUT2D eigenvalue weighted by atomic mass is 32.1. The number of hydrogen-bond acceptors (Lipinski definition) is 1. The van der Waals surface area contributed by atoms with Gasteiger partial charge in [-0.2, -0.15) is 0 Å². The zero-order valence-corrected chi connectivity index (χ0v) is 12.8. The van der Waals surface area contributed by atoms with Crippen LogP contribution in [0.4, 0.5) is 8.78 Å². The number of halogens is 2. The second-order valence-electron chi connectivity index (χ2n) is 5.67. The molecule has 0 radical (unpaired) electrons. The maximum atomic E-state index is 13.4. The minimum Gasteiger partial charge on any atom is -0.334 e. The first-order valence-electron chi connectivity index (χ1n) is 7.35. The van der Waals surface area contributed by atoms with Crippen molar-refractivity contribution in [1.82, 2.24) is 9.55 Å². The molecule has 0 aliphatic carbocycles. The molecular weight excluding hydrogens is 290 g/mol. The molecule has 3 rings (SSSR count). The lowest BCUT2D eigenvalue weighted by atomic mass is 9.96. The van der Waals surface area contributed by atoms with Gasteiger partial charge in [0.05, 0.1) is 0 Å². The number of unbranched alkanes of at least 4 members (excludes halogenated alkanes) is 1. The van der Waals surface area contributed by atoms with Crippen LogP contribution in [0.1, 0.15) is 42.6 Å². The van der Waals surface area contributed by atoms with Crippen LogP contribution < -0.4 is 0 Å². The normalized spacial score (nSPS) is 17.2. The van der Waals surface area contributed by atoms with Crippen molar-refractivity contribution >= 4 is 12.2 Å². The van der Waals surface area contributed by atoms with Gasteiger partial charge in [0.25, 0.3) is 0 Å². The van der Waals surface area contributed by atoms with Crippen LogP contribution in [0.15, 0.2) is 18.2 Å². The molecule has 0 saturated carbocycles. The SMILES string of the molecule is CCCCc1[nH]c(=S)n2c1CC(c1cc(F)cc(F)c1)C2. The summed E-state index contributed by atoms with van der Waals surface area (Å²) in [5.41, 5.74) is 3.09. The molecule has 1 unspecified atom stereocenters. The highest BCUT2D eigenvalue weighted by Gasteiger charge is 2.27. The highest BCUT2D eigenvalue weighted by Crippen LogP contribution is 2.32. The number of fused-ring (bicyclic) bond motifs is 1. The summed E-state index contributed by atoms with van der Waals surface area (Å²) in [4.78, 5) is 3.27. The fraction of sp³-hybridized carbons (Fsp3) is 0.438. The minimum atomic E-state index is -0.516. The third kappa shape index (κ3) is 2.79. The summed E-state index contributed by atoms with van der Waals surface area (Å²) in [6.45, 7) is 2.85. The van der Waals surface area contributed by atoms with E-state index in [1.54, 1.807) is 0 Å². The average molecular weight is 308 g/mol. The number of nitrogens with one attached hydrogen (secondary N) is 1. The Hall–Kier alpha value is -1.49. The van der Waals surface area contributed by atoms with Crippen LogP contribution in [-0.2, 0) is 19.4 Å². The van der Waals surface area contributed by atoms with E-state index in [1.165, 1.54) is 23.5 Å². The lowest BCUT2D eigenvalue weighted by Crippen LogP contribution is -2.03. The molecule has 1 atom stereocenters. The molecule has 1 aliphatic heterocycles. The number of aryl methyl sites for hydroxylation is 1. The van der Waals surface area contributed by atoms with Gasteiger partial charge in [0.15, 0.2) is 4.77 Å². The number of H-pyrrole nitrogens is 1. The molecular formula is C16H18F2N2S. The van der Waals surface area contributed by atoms with E-state index in [2.05, 4.69) is 16.5 Å². The maximum absolute atomic E-state index is 13.4. The summed E-state index contributed by atoms with van der Waals surface area (Å²) >= 11 is 5.36. The molecule has 0 saturated heterocycles. The van der Waals surface area contributed by atoms with E-state index in [1.807, 2.05) is 0 Å². The standard InChI is InChI=1S/C16H18F2N2S/c1-2-3-4-14-15-7-11(9-20(15)16(21)19-14)10-5-12(17)8-13(18)6-10/h5-6,8,11H,2-4,7,9H2,1H3,(H,19,21). The third-order valence-corrected chi connectivity index (χ3v) is 4.48. The molecule has 2 heterocycles. The molecule has 1 aromatic heterocycles. The first-order chi connectivity index (χ1) is 10.1. The van der Waals surface area contributed by atoms with E-state index in [4.69, 9.17) is 12.2 Å². The first-order valence-corrected chi connectivity index (χ1v) is 7.76. The van der Waals surface area contributed by atoms with Crippen molar-refractivity contribution in [2.24, 2.45) is 0 Å². The Morgan fingerprint density at radius 1 is 1.29 bits per heavy atom. The molecule has 1 aromatic carbocycles. The Labute approximate surface area is 127 Å². The van der Waals surface area contributed by atoms with Crippen LogP contribution in [0.25, 0.3) is 0 Å². The van der Waals surface area contributed by atoms with Gasteiger partial charge in [0.2, 0.25) is 0 Å². The average Bonchev–Trinajstić information content (AvgIpc) is 2.97. The number of rotatable bonds is 4. The molecule has 0 amide bonds. The summed E-state index contributed by atoms with van der Waals surface area (Å²) in [6, 6.07) is 3.77. The van der Waals surface area contributed by atoms with E-state index in [0.29, 0.717) is 12.1 Å². The lowest BCUT2D eigenvalue weighted by molar-refractivity contribution is 0.567. The maximum Gasteiger partial charge on any atom is 0.177 e. The fourth-order valence-electron chi connectivity index (χ4n) is 3.09. The van der Waals surface area contributed by atoms with Crippen molar-refractivity contribution in [3.05, 3.63) is 51.6 Å². The smallest absolute Gasteiger partial charge is 0.177 e. The molecule has 1 aliphatic rings. The van der Waals surface area contributed by atoms with Gasteiger partial charge in [-0.3, -0.25) is 0 Å². The summed E-state index contributed by atoms with van der Waals surface area (Å²) in [5.74, 6) is -0.933. The van der Waals surface area contributed by atoms with Crippen LogP contribution in [0.5, 0.6) is 0 Å².